The van der Waals surface area contributed by atoms with Gasteiger partial charge in [0.2, 0.25) is 0 Å². The molecule has 10 nitrogen and oxygen atoms in total. The molecule has 38 heavy (non-hydrogen) atoms. The number of hydrogen-bond donors (Lipinski definition) is 2. The second kappa shape index (κ2) is 11.5. The van der Waals surface area contributed by atoms with Crippen molar-refractivity contribution >= 4 is 52.6 Å². The molecular formula is C18H16F6N4O6S4+2. The van der Waals surface area contributed by atoms with E-state index in [1.165, 1.54) is 0 Å². The minimum Gasteiger partial charge on any atom is -0.279 e. The molecule has 4 aromatic heterocycles. The predicted molar refractivity (Wildman–Crippen MR) is 124 cm³/mol. The highest BCUT2D eigenvalue weighted by atomic mass is 32.2. The highest BCUT2D eigenvalue weighted by Crippen LogP contribution is 2.36. The van der Waals surface area contributed by atoms with Crippen LogP contribution < -0.4 is 9.13 Å². The van der Waals surface area contributed by atoms with Gasteiger partial charge in [-0.1, -0.05) is 22.7 Å². The van der Waals surface area contributed by atoms with Crippen molar-refractivity contribution in [3.63, 3.8) is 0 Å². The van der Waals surface area contributed by atoms with Gasteiger partial charge in [-0.15, -0.1) is 0 Å². The van der Waals surface area contributed by atoms with Crippen molar-refractivity contribution in [1.82, 2.24) is 9.97 Å². The van der Waals surface area contributed by atoms with E-state index in [1.54, 1.807) is 22.7 Å². The van der Waals surface area contributed by atoms with Gasteiger partial charge in [0.1, 0.15) is 24.1 Å². The van der Waals surface area contributed by atoms with E-state index in [1.807, 2.05) is 48.0 Å². The van der Waals surface area contributed by atoms with E-state index in [0.717, 1.165) is 30.8 Å². The van der Waals surface area contributed by atoms with E-state index < -0.39 is 31.3 Å². The van der Waals surface area contributed by atoms with Gasteiger partial charge >= 0.3 is 31.3 Å². The minimum absolute atomic E-state index is 1.01. The van der Waals surface area contributed by atoms with Gasteiger partial charge in [-0.05, 0) is 0 Å². The molecule has 0 atom stereocenters. The van der Waals surface area contributed by atoms with Gasteiger partial charge in [0.15, 0.2) is 34.4 Å². The van der Waals surface area contributed by atoms with Crippen LogP contribution in [0.5, 0.6) is 0 Å². The molecule has 0 bridgehead atoms. The molecule has 0 aromatic carbocycles. The molecule has 0 fully saturated rings. The fourth-order valence-electron chi connectivity index (χ4n) is 2.18. The Kier molecular flexibility index (Phi) is 9.54. The van der Waals surface area contributed by atoms with E-state index in [9.17, 15) is 26.3 Å². The summed E-state index contributed by atoms with van der Waals surface area (Å²) in [6.45, 7) is 0. The number of aryl methyl sites for hydroxylation is 2. The van der Waals surface area contributed by atoms with Gasteiger partial charge in [-0.2, -0.15) is 43.2 Å². The summed E-state index contributed by atoms with van der Waals surface area (Å²) >= 11 is 3.30. The maximum atomic E-state index is 10.7. The van der Waals surface area contributed by atoms with Crippen LogP contribution in [-0.2, 0) is 34.3 Å². The molecule has 0 unspecified atom stereocenters. The summed E-state index contributed by atoms with van der Waals surface area (Å²) in [6, 6.07) is 8.34. The van der Waals surface area contributed by atoms with Gasteiger partial charge < -0.3 is 0 Å². The Labute approximate surface area is 219 Å². The Hall–Kier alpha value is -2.78. The zero-order valence-corrected chi connectivity index (χ0v) is 22.1. The topological polar surface area (TPSA) is 142 Å². The standard InChI is InChI=1S/C16H14N4S2.2CHF3O3S/c1-19-7-3-11(4-8-19)13-17-15-16(21-13)18-14(22-15)12-5-9-20(2)10-6-12;2*2-1(3,4)8(5,6)7/h3-10H,1-2H3;2*(H,5,6,7)/q+2;;. The number of pyridine rings is 2. The molecule has 4 heterocycles. The first-order valence-electron chi connectivity index (χ1n) is 9.45. The summed E-state index contributed by atoms with van der Waals surface area (Å²) in [5, 5.41) is 2.06. The van der Waals surface area contributed by atoms with E-state index in [2.05, 4.69) is 24.3 Å². The minimum atomic E-state index is -5.84. The first-order valence-corrected chi connectivity index (χ1v) is 14.0. The molecule has 20 heteroatoms. The van der Waals surface area contributed by atoms with E-state index in [-0.39, 0.29) is 0 Å². The molecule has 2 N–H and O–H groups in total. The van der Waals surface area contributed by atoms with Gasteiger partial charge in [-0.3, -0.25) is 9.11 Å². The SMILES string of the molecule is C[n+]1ccc(-c2nc3sc(-c4cc[n+](C)cc4)nc3s2)cc1.O=S(=O)(O)C(F)(F)F.O=S(=O)(O)C(F)(F)F. The van der Waals surface area contributed by atoms with Crippen LogP contribution in [0, 0.1) is 0 Å². The van der Waals surface area contributed by atoms with Crippen molar-refractivity contribution in [1.29, 1.82) is 0 Å². The molecule has 0 saturated carbocycles. The third kappa shape index (κ3) is 8.63. The number of fused-ring (bicyclic) bond motifs is 1. The van der Waals surface area contributed by atoms with Crippen LogP contribution in [0.1, 0.15) is 0 Å². The Bertz CT molecular complexity index is 1450. The van der Waals surface area contributed by atoms with E-state index in [4.69, 9.17) is 35.9 Å². The molecule has 4 rings (SSSR count). The second-order valence-electron chi connectivity index (χ2n) is 6.99. The van der Waals surface area contributed by atoms with E-state index in [0.29, 0.717) is 0 Å². The van der Waals surface area contributed by atoms with Crippen molar-refractivity contribution < 1.29 is 61.4 Å². The second-order valence-corrected chi connectivity index (χ2v) is 11.8. The maximum Gasteiger partial charge on any atom is 0.522 e. The molecule has 0 aliphatic rings. The normalized spacial score (nSPS) is 12.4. The molecule has 0 amide bonds. The lowest BCUT2D eigenvalue weighted by Crippen LogP contribution is -2.25. The number of hydrogen-bond acceptors (Lipinski definition) is 8. The highest BCUT2D eigenvalue weighted by molar-refractivity contribution is 7.86. The quantitative estimate of drug-likeness (QED) is 0.149. The molecule has 4 aromatic rings. The summed E-state index contributed by atoms with van der Waals surface area (Å²) in [6.07, 6.45) is 8.14. The summed E-state index contributed by atoms with van der Waals surface area (Å²) in [4.78, 5) is 11.5. The van der Waals surface area contributed by atoms with Crippen molar-refractivity contribution in [2.75, 3.05) is 0 Å². The number of thiazole rings is 2. The average molecular weight is 627 g/mol. The van der Waals surface area contributed by atoms with Crippen LogP contribution in [0.25, 0.3) is 30.8 Å². The molecule has 0 saturated heterocycles. The van der Waals surface area contributed by atoms with Crippen LogP contribution in [0.15, 0.2) is 49.1 Å². The Balaban J connectivity index is 0.000000264. The number of halogens is 6. The molecule has 0 aliphatic heterocycles. The van der Waals surface area contributed by atoms with E-state index >= 15 is 0 Å². The number of aromatic nitrogens is 4. The van der Waals surface area contributed by atoms with Crippen molar-refractivity contribution in [2.45, 2.75) is 11.0 Å². The fraction of sp³-hybridized carbons (Fsp3) is 0.222. The first-order chi connectivity index (χ1) is 17.2. The molecular weight excluding hydrogens is 610 g/mol. The summed E-state index contributed by atoms with van der Waals surface area (Å²) in [5.41, 5.74) is -8.79. The zero-order valence-electron chi connectivity index (χ0n) is 18.8. The lowest BCUT2D eigenvalue weighted by molar-refractivity contribution is -0.671. The first kappa shape index (κ1) is 31.4. The summed E-state index contributed by atoms with van der Waals surface area (Å²) in [5.74, 6) is 0. The predicted octanol–water partition coefficient (Wildman–Crippen LogP) is 3.52. The van der Waals surface area contributed by atoms with Crippen molar-refractivity contribution in [3.05, 3.63) is 49.1 Å². The van der Waals surface area contributed by atoms with Crippen LogP contribution in [0.4, 0.5) is 26.3 Å². The van der Waals surface area contributed by atoms with Gasteiger partial charge in [0.05, 0.1) is 0 Å². The van der Waals surface area contributed by atoms with Crippen LogP contribution in [0.3, 0.4) is 0 Å². The van der Waals surface area contributed by atoms with Gasteiger partial charge in [0.25, 0.3) is 0 Å². The molecule has 208 valence electrons. The van der Waals surface area contributed by atoms with Crippen molar-refractivity contribution in [3.8, 4) is 21.1 Å². The number of nitrogens with zero attached hydrogens (tertiary/aromatic N) is 4. The largest absolute Gasteiger partial charge is 0.522 e. The Morgan fingerprint density at radius 2 is 0.895 bits per heavy atom. The van der Waals surface area contributed by atoms with Gasteiger partial charge in [-0.25, -0.2) is 19.1 Å². The third-order valence-electron chi connectivity index (χ3n) is 4.01. The highest BCUT2D eigenvalue weighted by Gasteiger charge is 2.45. The monoisotopic (exact) mass is 626 g/mol. The average Bonchev–Trinajstić information content (AvgIpc) is 3.32. The molecule has 0 spiro atoms. The third-order valence-corrected chi connectivity index (χ3v) is 7.31. The Morgan fingerprint density at radius 3 is 1.11 bits per heavy atom. The smallest absolute Gasteiger partial charge is 0.279 e. The van der Waals surface area contributed by atoms with Crippen LogP contribution in [-0.4, -0.2) is 46.9 Å². The lowest BCUT2D eigenvalue weighted by Gasteiger charge is -1.97. The fourth-order valence-corrected chi connectivity index (χ4v) is 4.23. The summed E-state index contributed by atoms with van der Waals surface area (Å²) in [7, 11) is -7.66. The lowest BCUT2D eigenvalue weighted by atomic mass is 10.3. The number of alkyl halides is 6. The number of rotatable bonds is 2. The van der Waals surface area contributed by atoms with Crippen molar-refractivity contribution in [2.24, 2.45) is 14.1 Å². The van der Waals surface area contributed by atoms with Crippen LogP contribution >= 0.6 is 22.7 Å². The molecule has 0 radical (unpaired) electrons. The maximum absolute atomic E-state index is 10.7. The summed E-state index contributed by atoms with van der Waals surface area (Å²) < 4.78 is 119. The Morgan fingerprint density at radius 1 is 0.658 bits per heavy atom. The van der Waals surface area contributed by atoms with Crippen LogP contribution in [0.2, 0.25) is 0 Å². The van der Waals surface area contributed by atoms with Gasteiger partial charge in [0, 0.05) is 35.4 Å². The molecule has 0 aliphatic carbocycles. The zero-order chi connectivity index (χ0) is 29.1.